The first kappa shape index (κ1) is 15.9. The van der Waals surface area contributed by atoms with Crippen molar-refractivity contribution in [3.63, 3.8) is 0 Å². The first-order chi connectivity index (χ1) is 10.5. The highest BCUT2D eigenvalue weighted by Gasteiger charge is 2.30. The molecule has 0 spiro atoms. The molecule has 6 heteroatoms. The molecule has 1 unspecified atom stereocenters. The monoisotopic (exact) mass is 301 g/mol. The molecule has 0 amide bonds. The van der Waals surface area contributed by atoms with Crippen LogP contribution in [-0.2, 0) is 0 Å². The molecular formula is C16H21N4O2+. The van der Waals surface area contributed by atoms with Gasteiger partial charge in [-0.2, -0.15) is 0 Å². The number of pyridine rings is 1. The number of nitro groups is 1. The van der Waals surface area contributed by atoms with Crippen LogP contribution in [0.15, 0.2) is 48.8 Å². The standard InChI is InChI=1S/C16H21N4O2/c1-4-16(20(2,3)13-8-6-5-7-9-13)18-14-10-11-17-12-15(14)19(21)22/h5-12,16H,4H2,1-3H3,(H,17,18)/q+1. The molecule has 0 aliphatic heterocycles. The third-order valence-corrected chi connectivity index (χ3v) is 3.91. The molecule has 6 nitrogen and oxygen atoms in total. The van der Waals surface area contributed by atoms with E-state index in [1.807, 2.05) is 18.2 Å². The van der Waals surface area contributed by atoms with Crippen molar-refractivity contribution in [3.05, 3.63) is 58.9 Å². The van der Waals surface area contributed by atoms with Crippen molar-refractivity contribution in [2.24, 2.45) is 0 Å². The number of hydrogen-bond donors (Lipinski definition) is 1. The van der Waals surface area contributed by atoms with E-state index in [1.165, 1.54) is 6.20 Å². The quantitative estimate of drug-likeness (QED) is 0.384. The van der Waals surface area contributed by atoms with Crippen molar-refractivity contribution in [2.75, 3.05) is 19.4 Å². The van der Waals surface area contributed by atoms with Gasteiger partial charge in [0.15, 0.2) is 6.17 Å². The molecule has 116 valence electrons. The zero-order valence-corrected chi connectivity index (χ0v) is 13.1. The largest absolute Gasteiger partial charge is 0.330 e. The first-order valence-corrected chi connectivity index (χ1v) is 7.21. The van der Waals surface area contributed by atoms with Gasteiger partial charge in [0, 0.05) is 12.6 Å². The van der Waals surface area contributed by atoms with Gasteiger partial charge in [0.2, 0.25) is 0 Å². The van der Waals surface area contributed by atoms with Crippen LogP contribution >= 0.6 is 0 Å². The Labute approximate surface area is 130 Å². The number of aromatic nitrogens is 1. The molecule has 0 aliphatic carbocycles. The van der Waals surface area contributed by atoms with E-state index in [1.54, 1.807) is 12.3 Å². The Bertz CT molecular complexity index is 644. The van der Waals surface area contributed by atoms with Crippen molar-refractivity contribution in [1.82, 2.24) is 9.47 Å². The molecule has 0 saturated carbocycles. The fourth-order valence-electron chi connectivity index (χ4n) is 2.55. The lowest BCUT2D eigenvalue weighted by Gasteiger charge is -2.37. The third-order valence-electron chi connectivity index (χ3n) is 3.91. The zero-order valence-electron chi connectivity index (χ0n) is 13.1. The van der Waals surface area contributed by atoms with Crippen LogP contribution in [0, 0.1) is 10.1 Å². The summed E-state index contributed by atoms with van der Waals surface area (Å²) in [7, 11) is 4.17. The Morgan fingerprint density at radius 2 is 1.95 bits per heavy atom. The van der Waals surface area contributed by atoms with Gasteiger partial charge in [0.05, 0.1) is 19.0 Å². The van der Waals surface area contributed by atoms with Crippen LogP contribution in [0.5, 0.6) is 0 Å². The molecule has 22 heavy (non-hydrogen) atoms. The maximum Gasteiger partial charge on any atom is 0.310 e. The van der Waals surface area contributed by atoms with Gasteiger partial charge in [-0.15, -0.1) is 0 Å². The molecule has 0 radical (unpaired) electrons. The van der Waals surface area contributed by atoms with E-state index >= 15 is 0 Å². The lowest BCUT2D eigenvalue weighted by Crippen LogP contribution is -2.53. The minimum absolute atomic E-state index is 0.00324. The van der Waals surface area contributed by atoms with E-state index in [0.29, 0.717) is 10.2 Å². The van der Waals surface area contributed by atoms with Gasteiger partial charge in [-0.25, -0.2) is 0 Å². The SMILES string of the molecule is CCC(Nc1ccncc1[N+](=O)[O-])[N+](C)(C)c1ccccc1. The highest BCUT2D eigenvalue weighted by atomic mass is 16.6. The summed E-state index contributed by atoms with van der Waals surface area (Å²) < 4.78 is 0.580. The topological polar surface area (TPSA) is 68.1 Å². The van der Waals surface area contributed by atoms with Crippen LogP contribution in [0.2, 0.25) is 0 Å². The maximum absolute atomic E-state index is 11.1. The van der Waals surface area contributed by atoms with Crippen LogP contribution in [0.25, 0.3) is 0 Å². The fraction of sp³-hybridized carbons (Fsp3) is 0.312. The molecule has 0 aliphatic rings. The highest BCUT2D eigenvalue weighted by Crippen LogP contribution is 2.28. The summed E-state index contributed by atoms with van der Waals surface area (Å²) in [6.45, 7) is 2.06. The molecule has 0 fully saturated rings. The molecule has 1 N–H and O–H groups in total. The average Bonchev–Trinajstić information content (AvgIpc) is 2.53. The molecule has 0 saturated heterocycles. The van der Waals surface area contributed by atoms with Crippen molar-refractivity contribution in [3.8, 4) is 0 Å². The van der Waals surface area contributed by atoms with Gasteiger partial charge in [0.1, 0.15) is 17.6 Å². The Kier molecular flexibility index (Phi) is 4.72. The van der Waals surface area contributed by atoms with Crippen molar-refractivity contribution in [2.45, 2.75) is 19.5 Å². The van der Waals surface area contributed by atoms with E-state index in [2.05, 4.69) is 43.5 Å². The summed E-state index contributed by atoms with van der Waals surface area (Å²) >= 11 is 0. The lowest BCUT2D eigenvalue weighted by molar-refractivity contribution is -0.384. The van der Waals surface area contributed by atoms with Crippen LogP contribution in [0.4, 0.5) is 17.1 Å². The summed E-state index contributed by atoms with van der Waals surface area (Å²) in [6.07, 6.45) is 3.66. The Morgan fingerprint density at radius 1 is 1.27 bits per heavy atom. The molecule has 1 aromatic carbocycles. The minimum Gasteiger partial charge on any atom is -0.330 e. The third kappa shape index (κ3) is 3.23. The second-order valence-corrected chi connectivity index (χ2v) is 5.59. The number of benzene rings is 1. The Hall–Kier alpha value is -2.47. The molecule has 2 rings (SSSR count). The number of nitrogens with one attached hydrogen (secondary N) is 1. The predicted molar refractivity (Wildman–Crippen MR) is 88.7 cm³/mol. The molecule has 1 aromatic heterocycles. The second kappa shape index (κ2) is 6.53. The van der Waals surface area contributed by atoms with Crippen LogP contribution in [0.1, 0.15) is 13.3 Å². The van der Waals surface area contributed by atoms with Crippen molar-refractivity contribution in [1.29, 1.82) is 0 Å². The number of para-hydroxylation sites is 1. The molecule has 2 aromatic rings. The van der Waals surface area contributed by atoms with Gasteiger partial charge >= 0.3 is 5.69 Å². The van der Waals surface area contributed by atoms with Gasteiger partial charge in [-0.3, -0.25) is 19.6 Å². The Balaban J connectivity index is 2.32. The number of hydrogen-bond acceptors (Lipinski definition) is 4. The smallest absolute Gasteiger partial charge is 0.310 e. The summed E-state index contributed by atoms with van der Waals surface area (Å²) in [5.74, 6) is 0. The van der Waals surface area contributed by atoms with Gasteiger partial charge in [-0.05, 0) is 18.2 Å². The van der Waals surface area contributed by atoms with Crippen molar-refractivity contribution >= 4 is 17.1 Å². The van der Waals surface area contributed by atoms with Gasteiger partial charge < -0.3 is 5.32 Å². The van der Waals surface area contributed by atoms with E-state index in [9.17, 15) is 10.1 Å². The molecular weight excluding hydrogens is 280 g/mol. The van der Waals surface area contributed by atoms with E-state index in [0.717, 1.165) is 12.1 Å². The van der Waals surface area contributed by atoms with E-state index in [-0.39, 0.29) is 11.9 Å². The predicted octanol–water partition coefficient (Wildman–Crippen LogP) is 3.40. The molecule has 1 heterocycles. The van der Waals surface area contributed by atoms with E-state index < -0.39 is 4.92 Å². The number of quaternary nitrogens is 1. The lowest BCUT2D eigenvalue weighted by atomic mass is 10.2. The highest BCUT2D eigenvalue weighted by molar-refractivity contribution is 5.60. The normalized spacial score (nSPS) is 12.7. The fourth-order valence-corrected chi connectivity index (χ4v) is 2.55. The molecule has 1 atom stereocenters. The molecule has 0 bridgehead atoms. The number of rotatable bonds is 6. The summed E-state index contributed by atoms with van der Waals surface area (Å²) in [6, 6.07) is 11.7. The maximum atomic E-state index is 11.1. The van der Waals surface area contributed by atoms with Crippen LogP contribution in [-0.4, -0.2) is 30.2 Å². The average molecular weight is 301 g/mol. The van der Waals surface area contributed by atoms with Gasteiger partial charge in [0.25, 0.3) is 0 Å². The second-order valence-electron chi connectivity index (χ2n) is 5.59. The van der Waals surface area contributed by atoms with Crippen LogP contribution < -0.4 is 9.80 Å². The first-order valence-electron chi connectivity index (χ1n) is 7.21. The minimum atomic E-state index is -0.412. The van der Waals surface area contributed by atoms with Crippen molar-refractivity contribution < 1.29 is 4.92 Å². The number of nitrogens with zero attached hydrogens (tertiary/aromatic N) is 3. The summed E-state index contributed by atoms with van der Waals surface area (Å²) in [4.78, 5) is 14.6. The summed E-state index contributed by atoms with van der Waals surface area (Å²) in [5.41, 5.74) is 1.63. The zero-order chi connectivity index (χ0) is 16.2. The van der Waals surface area contributed by atoms with E-state index in [4.69, 9.17) is 0 Å². The van der Waals surface area contributed by atoms with Gasteiger partial charge in [-0.1, -0.05) is 25.1 Å². The Morgan fingerprint density at radius 3 is 2.55 bits per heavy atom. The number of anilines is 1. The van der Waals surface area contributed by atoms with Crippen LogP contribution in [0.3, 0.4) is 0 Å². The summed E-state index contributed by atoms with van der Waals surface area (Å²) in [5, 5.41) is 14.4.